The van der Waals surface area contributed by atoms with Crippen LogP contribution in [0, 0.1) is 0 Å². The first-order chi connectivity index (χ1) is 8.31. The molecule has 1 N–H and O–H groups in total. The van der Waals surface area contributed by atoms with Crippen molar-refractivity contribution in [1.82, 2.24) is 0 Å². The third-order valence-electron chi connectivity index (χ3n) is 3.31. The van der Waals surface area contributed by atoms with Gasteiger partial charge in [-0.2, -0.15) is 0 Å². The zero-order chi connectivity index (χ0) is 12.8. The van der Waals surface area contributed by atoms with Crippen molar-refractivity contribution >= 4 is 5.71 Å². The molecule has 0 rings (SSSR count). The van der Waals surface area contributed by atoms with E-state index in [2.05, 4.69) is 12.1 Å². The van der Waals surface area contributed by atoms with E-state index < -0.39 is 0 Å². The Kier molecular flexibility index (Phi) is 13.1. The molecule has 0 aromatic carbocycles. The minimum Gasteiger partial charge on any atom is -0.411 e. The van der Waals surface area contributed by atoms with Crippen LogP contribution in [0.15, 0.2) is 5.16 Å². The second-order valence-corrected chi connectivity index (χ2v) is 5.12. The summed E-state index contributed by atoms with van der Waals surface area (Å²) in [6, 6.07) is 0. The molecule has 0 aliphatic heterocycles. The van der Waals surface area contributed by atoms with Crippen LogP contribution >= 0.6 is 0 Å². The Morgan fingerprint density at radius 3 is 1.59 bits per heavy atom. The van der Waals surface area contributed by atoms with Gasteiger partial charge in [0.1, 0.15) is 0 Å². The molecule has 0 saturated carbocycles. The lowest BCUT2D eigenvalue weighted by Gasteiger charge is -2.02. The van der Waals surface area contributed by atoms with Gasteiger partial charge in [0.05, 0.1) is 5.71 Å². The van der Waals surface area contributed by atoms with Gasteiger partial charge in [0.15, 0.2) is 0 Å². The lowest BCUT2D eigenvalue weighted by molar-refractivity contribution is 0.317. The van der Waals surface area contributed by atoms with Gasteiger partial charge in [-0.15, -0.1) is 0 Å². The Morgan fingerprint density at radius 1 is 0.765 bits per heavy atom. The molecule has 0 aromatic rings. The first kappa shape index (κ1) is 16.5. The van der Waals surface area contributed by atoms with Crippen LogP contribution in [-0.4, -0.2) is 10.9 Å². The molecule has 0 fully saturated rings. The van der Waals surface area contributed by atoms with Gasteiger partial charge in [-0.05, 0) is 19.8 Å². The van der Waals surface area contributed by atoms with Crippen molar-refractivity contribution in [2.24, 2.45) is 5.16 Å². The van der Waals surface area contributed by atoms with Crippen molar-refractivity contribution in [3.63, 3.8) is 0 Å². The third kappa shape index (κ3) is 13.4. The number of rotatable bonds is 12. The van der Waals surface area contributed by atoms with Crippen LogP contribution in [0.3, 0.4) is 0 Å². The second-order valence-electron chi connectivity index (χ2n) is 5.12. The molecule has 0 saturated heterocycles. The smallest absolute Gasteiger partial charge is 0.0540 e. The highest BCUT2D eigenvalue weighted by atomic mass is 16.4. The summed E-state index contributed by atoms with van der Waals surface area (Å²) in [4.78, 5) is 0. The molecule has 0 aromatic heterocycles. The molecule has 0 amide bonds. The Balaban J connectivity index is 2.99. The van der Waals surface area contributed by atoms with Crippen molar-refractivity contribution < 1.29 is 5.21 Å². The Hall–Kier alpha value is -0.530. The van der Waals surface area contributed by atoms with E-state index in [4.69, 9.17) is 5.21 Å². The summed E-state index contributed by atoms with van der Waals surface area (Å²) in [5, 5.41) is 11.7. The Bertz CT molecular complexity index is 178. The predicted octanol–water partition coefficient (Wildman–Crippen LogP) is 5.54. The Morgan fingerprint density at radius 2 is 1.18 bits per heavy atom. The molecule has 2 heteroatoms. The van der Waals surface area contributed by atoms with Crippen LogP contribution in [0.2, 0.25) is 0 Å². The fourth-order valence-corrected chi connectivity index (χ4v) is 2.10. The molecule has 0 radical (unpaired) electrons. The molecular weight excluding hydrogens is 210 g/mol. The van der Waals surface area contributed by atoms with Crippen molar-refractivity contribution in [1.29, 1.82) is 0 Å². The molecule has 0 aliphatic carbocycles. The fourth-order valence-electron chi connectivity index (χ4n) is 2.10. The van der Waals surface area contributed by atoms with Crippen LogP contribution in [0.25, 0.3) is 0 Å². The number of oxime groups is 1. The monoisotopic (exact) mass is 241 g/mol. The number of unbranched alkanes of at least 4 members (excludes halogenated alkanes) is 10. The zero-order valence-electron chi connectivity index (χ0n) is 11.9. The largest absolute Gasteiger partial charge is 0.411 e. The fraction of sp³-hybridized carbons (Fsp3) is 0.933. The average Bonchev–Trinajstić information content (AvgIpc) is 2.35. The average molecular weight is 241 g/mol. The van der Waals surface area contributed by atoms with E-state index in [1.54, 1.807) is 0 Å². The summed E-state index contributed by atoms with van der Waals surface area (Å²) in [5.74, 6) is 0. The van der Waals surface area contributed by atoms with E-state index in [9.17, 15) is 0 Å². The van der Waals surface area contributed by atoms with Crippen LogP contribution in [0.5, 0.6) is 0 Å². The summed E-state index contributed by atoms with van der Waals surface area (Å²) in [6.07, 6.45) is 16.0. The third-order valence-corrected chi connectivity index (χ3v) is 3.31. The highest BCUT2D eigenvalue weighted by molar-refractivity contribution is 5.81. The van der Waals surface area contributed by atoms with E-state index in [1.165, 1.54) is 70.6 Å². The van der Waals surface area contributed by atoms with Gasteiger partial charge < -0.3 is 5.21 Å². The van der Waals surface area contributed by atoms with Crippen LogP contribution in [0.4, 0.5) is 0 Å². The van der Waals surface area contributed by atoms with Gasteiger partial charge in [0.2, 0.25) is 0 Å². The maximum atomic E-state index is 8.48. The minimum absolute atomic E-state index is 0.862. The van der Waals surface area contributed by atoms with Crippen molar-refractivity contribution in [3.05, 3.63) is 0 Å². The standard InChI is InChI=1S/C15H31NO/c1-3-4-5-6-7-8-9-10-11-12-13-14-15(2)16-17/h17H,3-14H2,1-2H3/b16-15+. The first-order valence-corrected chi connectivity index (χ1v) is 7.48. The Labute approximate surface area is 107 Å². The molecule has 0 unspecified atom stereocenters. The van der Waals surface area contributed by atoms with E-state index >= 15 is 0 Å². The van der Waals surface area contributed by atoms with Crippen LogP contribution < -0.4 is 0 Å². The lowest BCUT2D eigenvalue weighted by atomic mass is 10.0. The lowest BCUT2D eigenvalue weighted by Crippen LogP contribution is -1.90. The van der Waals surface area contributed by atoms with Crippen molar-refractivity contribution in [2.45, 2.75) is 90.9 Å². The highest BCUT2D eigenvalue weighted by Gasteiger charge is 1.94. The molecule has 0 heterocycles. The van der Waals surface area contributed by atoms with Gasteiger partial charge >= 0.3 is 0 Å². The normalized spacial score (nSPS) is 12.0. The first-order valence-electron chi connectivity index (χ1n) is 7.48. The van der Waals surface area contributed by atoms with Gasteiger partial charge in [0, 0.05) is 0 Å². The van der Waals surface area contributed by atoms with Gasteiger partial charge in [-0.3, -0.25) is 0 Å². The summed E-state index contributed by atoms with van der Waals surface area (Å²) < 4.78 is 0. The summed E-state index contributed by atoms with van der Waals surface area (Å²) in [5.41, 5.74) is 0.862. The second kappa shape index (κ2) is 13.5. The zero-order valence-corrected chi connectivity index (χ0v) is 11.9. The molecule has 0 spiro atoms. The quantitative estimate of drug-likeness (QED) is 0.207. The van der Waals surface area contributed by atoms with Crippen LogP contribution in [-0.2, 0) is 0 Å². The summed E-state index contributed by atoms with van der Waals surface area (Å²) in [6.45, 7) is 4.15. The van der Waals surface area contributed by atoms with Gasteiger partial charge in [0.25, 0.3) is 0 Å². The van der Waals surface area contributed by atoms with Crippen molar-refractivity contribution in [2.75, 3.05) is 0 Å². The minimum atomic E-state index is 0.862. The molecule has 2 nitrogen and oxygen atoms in total. The molecule has 0 aliphatic rings. The molecule has 0 atom stereocenters. The van der Waals surface area contributed by atoms with E-state index in [-0.39, 0.29) is 0 Å². The number of hydrogen-bond donors (Lipinski definition) is 1. The van der Waals surface area contributed by atoms with Crippen molar-refractivity contribution in [3.8, 4) is 0 Å². The summed E-state index contributed by atoms with van der Waals surface area (Å²) >= 11 is 0. The molecular formula is C15H31NO. The number of hydrogen-bond acceptors (Lipinski definition) is 2. The maximum Gasteiger partial charge on any atom is 0.0540 e. The SMILES string of the molecule is CCCCCCCCCCCCC/C(C)=N/O. The number of nitrogens with zero attached hydrogens (tertiary/aromatic N) is 1. The topological polar surface area (TPSA) is 32.6 Å². The highest BCUT2D eigenvalue weighted by Crippen LogP contribution is 2.11. The molecule has 17 heavy (non-hydrogen) atoms. The molecule has 0 bridgehead atoms. The summed E-state index contributed by atoms with van der Waals surface area (Å²) in [7, 11) is 0. The van der Waals surface area contributed by atoms with Crippen LogP contribution in [0.1, 0.15) is 90.9 Å². The maximum absolute atomic E-state index is 8.48. The van der Waals surface area contributed by atoms with E-state index in [1.807, 2.05) is 6.92 Å². The van der Waals surface area contributed by atoms with E-state index in [0.29, 0.717) is 0 Å². The predicted molar refractivity (Wildman–Crippen MR) is 76.0 cm³/mol. The van der Waals surface area contributed by atoms with Gasteiger partial charge in [-0.25, -0.2) is 0 Å². The van der Waals surface area contributed by atoms with Gasteiger partial charge in [-0.1, -0.05) is 76.3 Å². The molecule has 102 valence electrons. The van der Waals surface area contributed by atoms with E-state index in [0.717, 1.165) is 12.1 Å².